The summed E-state index contributed by atoms with van der Waals surface area (Å²) in [4.78, 5) is 7.87. The van der Waals surface area contributed by atoms with Crippen LogP contribution in [0.25, 0.3) is 0 Å². The molecule has 15 heteroatoms. The highest BCUT2D eigenvalue weighted by atomic mass is 32.2. The molecule has 0 saturated carbocycles. The van der Waals surface area contributed by atoms with Gasteiger partial charge in [-0.2, -0.15) is 26.3 Å². The Kier molecular flexibility index (Phi) is 8.35. The lowest BCUT2D eigenvalue weighted by Gasteiger charge is -2.16. The monoisotopic (exact) mass is 550 g/mol. The fourth-order valence-corrected chi connectivity index (χ4v) is 3.74. The van der Waals surface area contributed by atoms with E-state index < -0.39 is 35.4 Å². The van der Waals surface area contributed by atoms with E-state index in [4.69, 9.17) is 4.74 Å². The average Bonchev–Trinajstić information content (AvgIpc) is 2.82. The molecule has 0 atom stereocenters. The van der Waals surface area contributed by atoms with E-state index in [1.54, 1.807) is 0 Å². The van der Waals surface area contributed by atoms with Gasteiger partial charge >= 0.3 is 12.4 Å². The predicted molar refractivity (Wildman–Crippen MR) is 122 cm³/mol. The molecule has 2 N–H and O–H groups in total. The summed E-state index contributed by atoms with van der Waals surface area (Å²) in [6, 6.07) is 10.3. The molecule has 37 heavy (non-hydrogen) atoms. The van der Waals surface area contributed by atoms with Crippen molar-refractivity contribution < 1.29 is 44.2 Å². The summed E-state index contributed by atoms with van der Waals surface area (Å²) in [6.45, 7) is -1.61. The molecule has 0 fully saturated rings. The normalized spacial score (nSPS) is 12.2. The number of anilines is 4. The van der Waals surface area contributed by atoms with Gasteiger partial charge in [-0.05, 0) is 42.5 Å². The Bertz CT molecular complexity index is 1320. The second-order valence-corrected chi connectivity index (χ2v) is 9.71. The highest BCUT2D eigenvalue weighted by Gasteiger charge is 2.29. The van der Waals surface area contributed by atoms with Crippen LogP contribution in [0.5, 0.6) is 11.5 Å². The first-order valence-electron chi connectivity index (χ1n) is 10.5. The van der Waals surface area contributed by atoms with Gasteiger partial charge in [-0.15, -0.1) is 0 Å². The highest BCUT2D eigenvalue weighted by molar-refractivity contribution is 7.91. The van der Waals surface area contributed by atoms with E-state index in [2.05, 4.69) is 25.3 Å². The second kappa shape index (κ2) is 11.1. The summed E-state index contributed by atoms with van der Waals surface area (Å²) < 4.78 is 109. The van der Waals surface area contributed by atoms with Gasteiger partial charge in [0, 0.05) is 11.8 Å². The molecule has 8 nitrogen and oxygen atoms in total. The number of halogens is 6. The van der Waals surface area contributed by atoms with Crippen LogP contribution in [0.4, 0.5) is 49.4 Å². The molecule has 3 aromatic rings. The minimum Gasteiger partial charge on any atom is -0.484 e. The molecule has 1 aromatic heterocycles. The first-order chi connectivity index (χ1) is 17.2. The molecule has 200 valence electrons. The number of hydrogen-bond acceptors (Lipinski definition) is 8. The summed E-state index contributed by atoms with van der Waals surface area (Å²) >= 11 is 0. The first kappa shape index (κ1) is 27.8. The quantitative estimate of drug-likeness (QED) is 0.313. The fraction of sp³-hybridized carbons (Fsp3) is 0.273. The van der Waals surface area contributed by atoms with Crippen molar-refractivity contribution in [1.82, 2.24) is 9.97 Å². The maximum absolute atomic E-state index is 12.7. The zero-order valence-electron chi connectivity index (χ0n) is 19.0. The van der Waals surface area contributed by atoms with Gasteiger partial charge in [0.15, 0.2) is 23.1 Å². The third-order valence-electron chi connectivity index (χ3n) is 4.54. The van der Waals surface area contributed by atoms with E-state index in [0.717, 1.165) is 24.5 Å². The number of nitrogens with zero attached hydrogens (tertiary/aromatic N) is 2. The van der Waals surface area contributed by atoms with E-state index in [9.17, 15) is 34.8 Å². The maximum atomic E-state index is 12.7. The van der Waals surface area contributed by atoms with Crippen molar-refractivity contribution in [1.29, 1.82) is 0 Å². The van der Waals surface area contributed by atoms with Crippen LogP contribution in [0.1, 0.15) is 6.92 Å². The molecule has 0 aliphatic heterocycles. The lowest BCUT2D eigenvalue weighted by atomic mass is 10.3. The van der Waals surface area contributed by atoms with Crippen molar-refractivity contribution in [2.24, 2.45) is 0 Å². The van der Waals surface area contributed by atoms with Crippen LogP contribution in [0.2, 0.25) is 0 Å². The number of sulfone groups is 1. The van der Waals surface area contributed by atoms with Crippen molar-refractivity contribution >= 4 is 32.8 Å². The summed E-state index contributed by atoms with van der Waals surface area (Å²) in [5.41, 5.74) is 0.365. The lowest BCUT2D eigenvalue weighted by molar-refractivity contribution is -0.154. The molecule has 2 aromatic carbocycles. The van der Waals surface area contributed by atoms with Crippen molar-refractivity contribution in [3.05, 3.63) is 54.9 Å². The summed E-state index contributed by atoms with van der Waals surface area (Å²) in [7, 11) is -3.67. The zero-order chi connectivity index (χ0) is 27.3. The minimum absolute atomic E-state index is 0.00113. The van der Waals surface area contributed by atoms with Gasteiger partial charge in [0.2, 0.25) is 0 Å². The molecule has 0 spiro atoms. The number of hydrogen-bond donors (Lipinski definition) is 2. The van der Waals surface area contributed by atoms with Crippen LogP contribution < -0.4 is 20.1 Å². The van der Waals surface area contributed by atoms with Crippen molar-refractivity contribution in [2.45, 2.75) is 24.2 Å². The van der Waals surface area contributed by atoms with Crippen LogP contribution >= 0.6 is 0 Å². The molecule has 0 radical (unpaired) electrons. The molecule has 0 aliphatic carbocycles. The maximum Gasteiger partial charge on any atom is 0.422 e. The van der Waals surface area contributed by atoms with Crippen LogP contribution in [-0.2, 0) is 9.84 Å². The lowest BCUT2D eigenvalue weighted by Crippen LogP contribution is -2.19. The third-order valence-corrected chi connectivity index (χ3v) is 6.27. The smallest absolute Gasteiger partial charge is 0.422 e. The van der Waals surface area contributed by atoms with Crippen molar-refractivity contribution in [3.63, 3.8) is 0 Å². The molecule has 3 rings (SSSR count). The van der Waals surface area contributed by atoms with Gasteiger partial charge in [0.05, 0.1) is 16.3 Å². The predicted octanol–water partition coefficient (Wildman–Crippen LogP) is 5.64. The van der Waals surface area contributed by atoms with Gasteiger partial charge in [-0.3, -0.25) is 0 Å². The largest absolute Gasteiger partial charge is 0.484 e. The Morgan fingerprint density at radius 2 is 1.41 bits per heavy atom. The Labute approximate surface area is 207 Å². The first-order valence-corrected chi connectivity index (χ1v) is 12.1. The van der Waals surface area contributed by atoms with Gasteiger partial charge in [-0.1, -0.05) is 6.92 Å². The number of aromatic nitrogens is 2. The molecule has 0 amide bonds. The zero-order valence-corrected chi connectivity index (χ0v) is 19.8. The van der Waals surface area contributed by atoms with E-state index >= 15 is 0 Å². The van der Waals surface area contributed by atoms with E-state index in [1.807, 2.05) is 0 Å². The molecule has 0 saturated heterocycles. The molecule has 0 aliphatic rings. The van der Waals surface area contributed by atoms with E-state index in [1.165, 1.54) is 37.3 Å². The Balaban J connectivity index is 1.79. The molecule has 0 bridgehead atoms. The number of nitrogens with one attached hydrogen (secondary N) is 2. The van der Waals surface area contributed by atoms with Gasteiger partial charge in [-0.25, -0.2) is 18.4 Å². The second-order valence-electron chi connectivity index (χ2n) is 7.43. The SMILES string of the molecule is CCS(=O)(=O)c1ccc(OCC(F)(F)F)c(Nc2cc(Nc3ccc(OCC(F)(F)F)cc3)ncn2)c1. The van der Waals surface area contributed by atoms with Gasteiger partial charge in [0.25, 0.3) is 0 Å². The van der Waals surface area contributed by atoms with E-state index in [0.29, 0.717) is 5.69 Å². The number of rotatable bonds is 10. The summed E-state index contributed by atoms with van der Waals surface area (Å²) in [5.74, 6) is -0.171. The standard InChI is InChI=1S/C22H20F6N4O4S/c1-2-37(33,34)16-7-8-18(36-12-22(26,27)28)17(9-16)32-20-10-19(29-13-30-20)31-14-3-5-15(6-4-14)35-11-21(23,24)25/h3-10,13H,2,11-12H2,1H3,(H2,29,30,31,32). The Hall–Kier alpha value is -3.75. The summed E-state index contributed by atoms with van der Waals surface area (Å²) in [6.07, 6.45) is -7.96. The van der Waals surface area contributed by atoms with E-state index in [-0.39, 0.29) is 39.5 Å². The van der Waals surface area contributed by atoms with Crippen LogP contribution in [0.3, 0.4) is 0 Å². The minimum atomic E-state index is -4.62. The van der Waals surface area contributed by atoms with Gasteiger partial charge < -0.3 is 20.1 Å². The van der Waals surface area contributed by atoms with Gasteiger partial charge in [0.1, 0.15) is 29.5 Å². The van der Waals surface area contributed by atoms with Crippen LogP contribution in [0.15, 0.2) is 59.8 Å². The highest BCUT2D eigenvalue weighted by Crippen LogP contribution is 2.32. The number of ether oxygens (including phenoxy) is 2. The van der Waals surface area contributed by atoms with Crippen molar-refractivity contribution in [2.75, 3.05) is 29.6 Å². The van der Waals surface area contributed by atoms with Crippen molar-refractivity contribution in [3.8, 4) is 11.5 Å². The van der Waals surface area contributed by atoms with Crippen LogP contribution in [-0.4, -0.2) is 49.7 Å². The molecular weight excluding hydrogens is 530 g/mol. The Morgan fingerprint density at radius 3 is 2.00 bits per heavy atom. The third kappa shape index (κ3) is 8.70. The Morgan fingerprint density at radius 1 is 0.811 bits per heavy atom. The average molecular weight is 550 g/mol. The topological polar surface area (TPSA) is 102 Å². The molecule has 1 heterocycles. The molecular formula is C22H20F6N4O4S. The number of benzene rings is 2. The number of alkyl halides is 6. The summed E-state index contributed by atoms with van der Waals surface area (Å²) in [5, 5.41) is 5.63. The fourth-order valence-electron chi connectivity index (χ4n) is 2.83. The van der Waals surface area contributed by atoms with Crippen LogP contribution in [0, 0.1) is 0 Å². The molecule has 0 unspecified atom stereocenters.